The van der Waals surface area contributed by atoms with Gasteiger partial charge < -0.3 is 10.1 Å². The number of carbonyl (C=O) groups is 2. The normalized spacial score (nSPS) is 23.6. The highest BCUT2D eigenvalue weighted by atomic mass is 32.2. The van der Waals surface area contributed by atoms with Crippen molar-refractivity contribution in [1.29, 1.82) is 0 Å². The van der Waals surface area contributed by atoms with Gasteiger partial charge in [0.1, 0.15) is 5.92 Å². The third-order valence-electron chi connectivity index (χ3n) is 4.72. The van der Waals surface area contributed by atoms with E-state index < -0.39 is 5.92 Å². The molecular weight excluding hydrogens is 322 g/mol. The Morgan fingerprint density at radius 3 is 2.62 bits per heavy atom. The van der Waals surface area contributed by atoms with Crippen LogP contribution in [-0.2, 0) is 14.3 Å². The van der Waals surface area contributed by atoms with Crippen molar-refractivity contribution >= 4 is 23.5 Å². The molecular formula is C19H21NO3S. The summed E-state index contributed by atoms with van der Waals surface area (Å²) in [5.74, 6) is -1.17. The molecule has 5 heteroatoms. The zero-order valence-electron chi connectivity index (χ0n) is 13.9. The largest absolute Gasteiger partial charge is 0.468 e. The maximum atomic E-state index is 12.6. The molecule has 2 aliphatic rings. The van der Waals surface area contributed by atoms with Gasteiger partial charge in [0.2, 0.25) is 0 Å². The topological polar surface area (TPSA) is 55.4 Å². The molecule has 0 aromatic heterocycles. The monoisotopic (exact) mass is 343 g/mol. The fraction of sp³-hybridized carbons (Fsp3) is 0.368. The van der Waals surface area contributed by atoms with Crippen LogP contribution in [0.1, 0.15) is 30.7 Å². The molecule has 1 aromatic rings. The number of esters is 1. The van der Waals surface area contributed by atoms with Crippen LogP contribution in [0.25, 0.3) is 0 Å². The number of benzene rings is 1. The molecule has 1 aliphatic carbocycles. The average molecular weight is 343 g/mol. The number of thioether (sulfide) groups is 1. The lowest BCUT2D eigenvalue weighted by molar-refractivity contribution is -0.144. The fourth-order valence-corrected chi connectivity index (χ4v) is 3.98. The summed E-state index contributed by atoms with van der Waals surface area (Å²) >= 11 is 1.66. The van der Waals surface area contributed by atoms with Gasteiger partial charge in [-0.2, -0.15) is 0 Å². The first-order valence-corrected chi connectivity index (χ1v) is 9.23. The zero-order chi connectivity index (χ0) is 17.3. The molecule has 126 valence electrons. The Kier molecular flexibility index (Phi) is 4.81. The maximum absolute atomic E-state index is 12.6. The van der Waals surface area contributed by atoms with Gasteiger partial charge in [-0.05, 0) is 36.8 Å². The lowest BCUT2D eigenvalue weighted by atomic mass is 9.71. The zero-order valence-corrected chi connectivity index (χ0v) is 14.7. The summed E-state index contributed by atoms with van der Waals surface area (Å²) in [6.45, 7) is 4.03. The number of carbonyl (C=O) groups excluding carboxylic acids is 2. The van der Waals surface area contributed by atoms with E-state index in [0.29, 0.717) is 12.1 Å². The Morgan fingerprint density at radius 2 is 2.00 bits per heavy atom. The van der Waals surface area contributed by atoms with Crippen molar-refractivity contribution < 1.29 is 14.3 Å². The third kappa shape index (κ3) is 2.88. The van der Waals surface area contributed by atoms with E-state index in [2.05, 4.69) is 11.9 Å². The van der Waals surface area contributed by atoms with Crippen LogP contribution in [0.5, 0.6) is 0 Å². The summed E-state index contributed by atoms with van der Waals surface area (Å²) in [6, 6.07) is 8.04. The van der Waals surface area contributed by atoms with Crippen LogP contribution in [0.15, 0.2) is 52.7 Å². The third-order valence-corrected chi connectivity index (χ3v) is 5.46. The minimum atomic E-state index is -0.587. The van der Waals surface area contributed by atoms with Gasteiger partial charge in [-0.25, -0.2) is 0 Å². The second-order valence-corrected chi connectivity index (χ2v) is 6.95. The SMILES string of the molecule is C=C1NC2=C(C(=O)CCC2)C(c2ccc(SC)cc2)C1C(=O)OC. The van der Waals surface area contributed by atoms with Crippen LogP contribution in [0, 0.1) is 5.92 Å². The van der Waals surface area contributed by atoms with Crippen LogP contribution in [0.2, 0.25) is 0 Å². The molecule has 2 atom stereocenters. The van der Waals surface area contributed by atoms with E-state index in [9.17, 15) is 9.59 Å². The van der Waals surface area contributed by atoms with Crippen LogP contribution >= 0.6 is 11.8 Å². The first-order valence-electron chi connectivity index (χ1n) is 8.00. The van der Waals surface area contributed by atoms with Crippen LogP contribution < -0.4 is 5.32 Å². The molecule has 0 saturated carbocycles. The summed E-state index contributed by atoms with van der Waals surface area (Å²) in [6.07, 6.45) is 4.19. The first kappa shape index (κ1) is 16.8. The van der Waals surface area contributed by atoms with Gasteiger partial charge in [0, 0.05) is 34.2 Å². The quantitative estimate of drug-likeness (QED) is 0.673. The number of Topliss-reactive ketones (excluding diaryl/α,β-unsaturated/α-hetero) is 1. The van der Waals surface area contributed by atoms with Crippen molar-refractivity contribution in [1.82, 2.24) is 5.32 Å². The second-order valence-electron chi connectivity index (χ2n) is 6.07. The predicted octanol–water partition coefficient (Wildman–Crippen LogP) is 3.41. The van der Waals surface area contributed by atoms with Crippen molar-refractivity contribution in [3.8, 4) is 0 Å². The molecule has 3 rings (SSSR count). The summed E-state index contributed by atoms with van der Waals surface area (Å²) in [4.78, 5) is 26.2. The molecule has 1 heterocycles. The van der Waals surface area contributed by atoms with Gasteiger partial charge in [0.05, 0.1) is 7.11 Å². The smallest absolute Gasteiger partial charge is 0.315 e. The standard InChI is InChI=1S/C19H21NO3S/c1-11-16(19(22)23-2)17(12-7-9-13(24-3)10-8-12)18-14(20-11)5-4-6-15(18)21/h7-10,16-17,20H,1,4-6H2,2-3H3. The summed E-state index contributed by atoms with van der Waals surface area (Å²) < 4.78 is 4.99. The lowest BCUT2D eigenvalue weighted by Crippen LogP contribution is -2.40. The van der Waals surface area contributed by atoms with E-state index >= 15 is 0 Å². The van der Waals surface area contributed by atoms with Crippen LogP contribution in [0.4, 0.5) is 0 Å². The minimum Gasteiger partial charge on any atom is -0.468 e. The summed E-state index contributed by atoms with van der Waals surface area (Å²) in [5.41, 5.74) is 3.19. The Labute approximate surface area is 146 Å². The van der Waals surface area contributed by atoms with Crippen molar-refractivity contribution in [2.75, 3.05) is 13.4 Å². The second kappa shape index (κ2) is 6.85. The van der Waals surface area contributed by atoms with Gasteiger partial charge in [-0.15, -0.1) is 11.8 Å². The molecule has 0 spiro atoms. The molecule has 4 nitrogen and oxygen atoms in total. The van der Waals surface area contributed by atoms with Gasteiger partial charge >= 0.3 is 5.97 Å². The number of ether oxygens (including phenoxy) is 1. The Bertz CT molecular complexity index is 721. The first-order chi connectivity index (χ1) is 11.6. The molecule has 0 amide bonds. The maximum Gasteiger partial charge on any atom is 0.315 e. The number of ketones is 1. The average Bonchev–Trinajstić information content (AvgIpc) is 2.60. The number of hydrogen-bond donors (Lipinski definition) is 1. The number of rotatable bonds is 3. The molecule has 2 unspecified atom stereocenters. The number of allylic oxidation sites excluding steroid dienone is 2. The van der Waals surface area contributed by atoms with E-state index in [1.165, 1.54) is 7.11 Å². The van der Waals surface area contributed by atoms with Gasteiger partial charge in [-0.1, -0.05) is 18.7 Å². The van der Waals surface area contributed by atoms with E-state index in [0.717, 1.165) is 34.6 Å². The Balaban J connectivity index is 2.13. The lowest BCUT2D eigenvalue weighted by Gasteiger charge is -2.38. The number of methoxy groups -OCH3 is 1. The van der Waals surface area contributed by atoms with Gasteiger partial charge in [0.25, 0.3) is 0 Å². The molecule has 0 radical (unpaired) electrons. The number of hydrogen-bond acceptors (Lipinski definition) is 5. The highest BCUT2D eigenvalue weighted by molar-refractivity contribution is 7.98. The molecule has 0 fully saturated rings. The van der Waals surface area contributed by atoms with Crippen LogP contribution in [0.3, 0.4) is 0 Å². The molecule has 0 saturated heterocycles. The van der Waals surface area contributed by atoms with E-state index in [-0.39, 0.29) is 17.7 Å². The Morgan fingerprint density at radius 1 is 1.29 bits per heavy atom. The molecule has 1 N–H and O–H groups in total. The molecule has 1 aliphatic heterocycles. The molecule has 0 bridgehead atoms. The molecule has 1 aromatic carbocycles. The van der Waals surface area contributed by atoms with Crippen molar-refractivity contribution in [2.24, 2.45) is 5.92 Å². The van der Waals surface area contributed by atoms with Crippen molar-refractivity contribution in [3.63, 3.8) is 0 Å². The Hall–Kier alpha value is -2.01. The predicted molar refractivity (Wildman–Crippen MR) is 94.6 cm³/mol. The summed E-state index contributed by atoms with van der Waals surface area (Å²) in [7, 11) is 1.37. The van der Waals surface area contributed by atoms with Crippen LogP contribution in [-0.4, -0.2) is 25.1 Å². The highest BCUT2D eigenvalue weighted by Gasteiger charge is 2.43. The fourth-order valence-electron chi connectivity index (χ4n) is 3.57. The minimum absolute atomic E-state index is 0.115. The van der Waals surface area contributed by atoms with Crippen molar-refractivity contribution in [3.05, 3.63) is 53.4 Å². The number of nitrogens with one attached hydrogen (secondary N) is 1. The van der Waals surface area contributed by atoms with E-state index in [1.807, 2.05) is 30.5 Å². The van der Waals surface area contributed by atoms with E-state index in [4.69, 9.17) is 4.74 Å². The van der Waals surface area contributed by atoms with Gasteiger partial charge in [-0.3, -0.25) is 9.59 Å². The van der Waals surface area contributed by atoms with Gasteiger partial charge in [0.15, 0.2) is 5.78 Å². The van der Waals surface area contributed by atoms with E-state index in [1.54, 1.807) is 11.8 Å². The summed E-state index contributed by atoms with van der Waals surface area (Å²) in [5, 5.41) is 3.20. The highest BCUT2D eigenvalue weighted by Crippen LogP contribution is 2.44. The molecule has 24 heavy (non-hydrogen) atoms. The van der Waals surface area contributed by atoms with Crippen molar-refractivity contribution in [2.45, 2.75) is 30.1 Å².